The molecule has 5 heterocycles. The molecule has 0 spiro atoms. The molecule has 2 bridgehead atoms. The van der Waals surface area contributed by atoms with E-state index in [4.69, 9.17) is 11.6 Å². The summed E-state index contributed by atoms with van der Waals surface area (Å²) in [4.78, 5) is 19.7. The van der Waals surface area contributed by atoms with E-state index < -0.39 is 34.6 Å². The van der Waals surface area contributed by atoms with Crippen LogP contribution in [0, 0.1) is 11.3 Å². The van der Waals surface area contributed by atoms with Gasteiger partial charge in [-0.25, -0.2) is 0 Å². The molecule has 1 aromatic heterocycles. The maximum absolute atomic E-state index is 14.1. The summed E-state index contributed by atoms with van der Waals surface area (Å²) < 4.78 is 42.3. The number of aromatic amines is 1. The van der Waals surface area contributed by atoms with Crippen LogP contribution in [0.15, 0.2) is 47.6 Å². The smallest absolute Gasteiger partial charge is 0.416 e. The van der Waals surface area contributed by atoms with Crippen molar-refractivity contribution < 1.29 is 23.1 Å². The number of halogens is 4. The first kappa shape index (κ1) is 23.8. The number of hydrogen-bond donors (Lipinski definition) is 2. The Kier molecular flexibility index (Phi) is 5.44. The fourth-order valence-electron chi connectivity index (χ4n) is 6.38. The molecule has 0 radical (unpaired) electrons. The summed E-state index contributed by atoms with van der Waals surface area (Å²) in [6.07, 6.45) is -2.55. The number of nitrogens with zero attached hydrogens (tertiary/aromatic N) is 3. The first-order chi connectivity index (χ1) is 17.2. The number of benzene rings is 2. The number of aliphatic carboxylic acids is 1. The molecule has 7 rings (SSSR count). The van der Waals surface area contributed by atoms with Crippen molar-refractivity contribution in [3.8, 4) is 0 Å². The SMILES string of the molecule is O=C(O)C1(C2=NCCS2)CCN2CC1C2(Cc1ccc(Cl)cc1C(F)(F)F)c1ccc2[nH]ncc2c1. The molecular formula is C25H22ClF3N4O2S. The fourth-order valence-corrected chi connectivity index (χ4v) is 7.70. The van der Waals surface area contributed by atoms with Gasteiger partial charge in [0.05, 0.1) is 27.9 Å². The Hall–Kier alpha value is -2.56. The lowest BCUT2D eigenvalue weighted by atomic mass is 9.51. The zero-order valence-electron chi connectivity index (χ0n) is 19.0. The molecule has 0 saturated carbocycles. The molecule has 6 nitrogen and oxygen atoms in total. The molecule has 188 valence electrons. The standard InChI is InChI=1S/C25H22ClF3N4O2S/c26-17-3-1-14(18(10-17)25(27,28)29)11-24(16-2-4-19-15(9-16)12-31-32-19)20-13-33(24)7-5-23(20,22(34)35)21-30-6-8-36-21/h1-4,9-10,12,20H,5-8,11,13H2,(H,31,32)(H,34,35). The van der Waals surface area contributed by atoms with Gasteiger partial charge in [-0.1, -0.05) is 23.7 Å². The van der Waals surface area contributed by atoms with Crippen molar-refractivity contribution >= 4 is 45.3 Å². The number of piperidine rings is 2. The molecule has 0 aliphatic carbocycles. The van der Waals surface area contributed by atoms with Crippen LogP contribution in [0.2, 0.25) is 5.02 Å². The van der Waals surface area contributed by atoms with Crippen LogP contribution in [0.1, 0.15) is 23.1 Å². The fraction of sp³-hybridized carbons (Fsp3) is 0.400. The Morgan fingerprint density at radius 3 is 2.81 bits per heavy atom. The number of aliphatic imine (C=N–C) groups is 1. The molecule has 0 amide bonds. The monoisotopic (exact) mass is 534 g/mol. The maximum atomic E-state index is 14.1. The molecule has 3 aromatic rings. The van der Waals surface area contributed by atoms with E-state index in [-0.39, 0.29) is 17.0 Å². The Balaban J connectivity index is 1.57. The summed E-state index contributed by atoms with van der Waals surface area (Å²) in [6.45, 7) is 1.47. The minimum absolute atomic E-state index is 0.0000135. The third kappa shape index (κ3) is 3.34. The summed E-state index contributed by atoms with van der Waals surface area (Å²) in [5.74, 6) is -0.702. The zero-order valence-corrected chi connectivity index (χ0v) is 20.6. The molecule has 2 N–H and O–H groups in total. The van der Waals surface area contributed by atoms with Crippen LogP contribution in [-0.4, -0.2) is 56.6 Å². The molecule has 4 atom stereocenters. The number of rotatable bonds is 5. The lowest BCUT2D eigenvalue weighted by Crippen LogP contribution is -2.76. The van der Waals surface area contributed by atoms with Crippen molar-refractivity contribution in [3.63, 3.8) is 0 Å². The van der Waals surface area contributed by atoms with Gasteiger partial charge >= 0.3 is 12.1 Å². The van der Waals surface area contributed by atoms with Crippen LogP contribution in [0.3, 0.4) is 0 Å². The van der Waals surface area contributed by atoms with Gasteiger partial charge in [-0.15, -0.1) is 11.8 Å². The predicted molar refractivity (Wildman–Crippen MR) is 132 cm³/mol. The van der Waals surface area contributed by atoms with Crippen molar-refractivity contribution in [2.75, 3.05) is 25.4 Å². The number of hydrogen-bond acceptors (Lipinski definition) is 5. The van der Waals surface area contributed by atoms with Crippen LogP contribution < -0.4 is 0 Å². The Morgan fingerprint density at radius 1 is 1.28 bits per heavy atom. The molecule has 36 heavy (non-hydrogen) atoms. The maximum Gasteiger partial charge on any atom is 0.416 e. The highest BCUT2D eigenvalue weighted by molar-refractivity contribution is 8.14. The van der Waals surface area contributed by atoms with Gasteiger partial charge in [0.1, 0.15) is 5.41 Å². The summed E-state index contributed by atoms with van der Waals surface area (Å²) in [7, 11) is 0. The van der Waals surface area contributed by atoms with Crippen molar-refractivity contribution in [2.24, 2.45) is 16.3 Å². The lowest BCUT2D eigenvalue weighted by molar-refractivity contribution is -0.194. The average Bonchev–Trinajstić information content (AvgIpc) is 3.54. The van der Waals surface area contributed by atoms with Crippen LogP contribution in [0.5, 0.6) is 0 Å². The number of carbonyl (C=O) groups is 1. The number of alkyl halides is 3. The van der Waals surface area contributed by atoms with Crippen molar-refractivity contribution in [1.82, 2.24) is 15.1 Å². The number of aromatic nitrogens is 2. The predicted octanol–water partition coefficient (Wildman–Crippen LogP) is 5.22. The lowest BCUT2D eigenvalue weighted by Gasteiger charge is -2.68. The molecule has 11 heteroatoms. The van der Waals surface area contributed by atoms with Gasteiger partial charge in [0.25, 0.3) is 0 Å². The number of thioether (sulfide) groups is 1. The minimum atomic E-state index is -4.60. The Labute approximate surface area is 213 Å². The summed E-state index contributed by atoms with van der Waals surface area (Å²) in [5, 5.41) is 19.0. The molecule has 2 aromatic carbocycles. The van der Waals surface area contributed by atoms with Gasteiger partial charge in [0, 0.05) is 41.7 Å². The molecule has 3 saturated heterocycles. The van der Waals surface area contributed by atoms with Gasteiger partial charge in [0.15, 0.2) is 0 Å². The van der Waals surface area contributed by atoms with Gasteiger partial charge in [0.2, 0.25) is 0 Å². The minimum Gasteiger partial charge on any atom is -0.481 e. The van der Waals surface area contributed by atoms with Crippen molar-refractivity contribution in [1.29, 1.82) is 0 Å². The summed E-state index contributed by atoms with van der Waals surface area (Å²) >= 11 is 7.42. The van der Waals surface area contributed by atoms with E-state index in [1.165, 1.54) is 23.9 Å². The second kappa shape index (κ2) is 8.22. The Bertz CT molecular complexity index is 1410. The van der Waals surface area contributed by atoms with E-state index in [0.717, 1.165) is 22.5 Å². The summed E-state index contributed by atoms with van der Waals surface area (Å²) in [5.41, 5.74) is -1.32. The largest absolute Gasteiger partial charge is 0.481 e. The molecule has 4 unspecified atom stereocenters. The van der Waals surface area contributed by atoms with E-state index in [9.17, 15) is 23.1 Å². The van der Waals surface area contributed by atoms with E-state index >= 15 is 0 Å². The number of fused-ring (bicyclic) bond motifs is 3. The highest BCUT2D eigenvalue weighted by atomic mass is 35.5. The van der Waals surface area contributed by atoms with Gasteiger partial charge in [-0.2, -0.15) is 18.3 Å². The van der Waals surface area contributed by atoms with Crippen LogP contribution in [0.4, 0.5) is 13.2 Å². The highest BCUT2D eigenvalue weighted by Gasteiger charge is 2.70. The molecule has 3 fully saturated rings. The second-order valence-electron chi connectivity index (χ2n) is 9.63. The normalized spacial score (nSPS) is 29.7. The first-order valence-electron chi connectivity index (χ1n) is 11.6. The van der Waals surface area contributed by atoms with Gasteiger partial charge in [-0.05, 0) is 48.2 Å². The topological polar surface area (TPSA) is 81.6 Å². The van der Waals surface area contributed by atoms with E-state index in [1.807, 2.05) is 18.2 Å². The van der Waals surface area contributed by atoms with Crippen LogP contribution in [0.25, 0.3) is 10.9 Å². The first-order valence-corrected chi connectivity index (χ1v) is 13.0. The number of carboxylic acid groups (broad SMARTS) is 1. The van der Waals surface area contributed by atoms with Crippen LogP contribution >= 0.6 is 23.4 Å². The third-order valence-corrected chi connectivity index (χ3v) is 9.43. The third-order valence-electron chi connectivity index (χ3n) is 8.04. The quantitative estimate of drug-likeness (QED) is 0.469. The Morgan fingerprint density at radius 2 is 2.11 bits per heavy atom. The van der Waals surface area contributed by atoms with Crippen molar-refractivity contribution in [3.05, 3.63) is 64.3 Å². The molecule has 4 aliphatic rings. The van der Waals surface area contributed by atoms with Crippen LogP contribution in [-0.2, 0) is 22.9 Å². The summed E-state index contributed by atoms with van der Waals surface area (Å²) in [6, 6.07) is 9.49. The van der Waals surface area contributed by atoms with Crippen molar-refractivity contribution in [2.45, 2.75) is 24.6 Å². The van der Waals surface area contributed by atoms with Gasteiger partial charge in [-0.3, -0.25) is 19.8 Å². The van der Waals surface area contributed by atoms with E-state index in [1.54, 1.807) is 6.20 Å². The van der Waals surface area contributed by atoms with Gasteiger partial charge < -0.3 is 5.11 Å². The molecule has 4 aliphatic heterocycles. The van der Waals surface area contributed by atoms with E-state index in [0.29, 0.717) is 36.9 Å². The second-order valence-corrected chi connectivity index (χ2v) is 11.2. The van der Waals surface area contributed by atoms with E-state index in [2.05, 4.69) is 20.1 Å². The molecular weight excluding hydrogens is 513 g/mol. The number of nitrogens with one attached hydrogen (secondary N) is 1. The number of carboxylic acids is 1. The highest BCUT2D eigenvalue weighted by Crippen LogP contribution is 2.62. The average molecular weight is 535 g/mol. The zero-order chi connectivity index (χ0) is 25.3. The number of H-pyrrole nitrogens is 1.